The second kappa shape index (κ2) is 8.24. The van der Waals surface area contributed by atoms with Crippen LogP contribution in [0.1, 0.15) is 6.42 Å². The highest BCUT2D eigenvalue weighted by Gasteiger charge is 2.08. The van der Waals surface area contributed by atoms with Crippen molar-refractivity contribution in [1.29, 1.82) is 0 Å². The summed E-state index contributed by atoms with van der Waals surface area (Å²) in [5, 5.41) is 0.454. The van der Waals surface area contributed by atoms with Gasteiger partial charge in [-0.3, -0.25) is 14.2 Å². The van der Waals surface area contributed by atoms with Gasteiger partial charge in [0.15, 0.2) is 0 Å². The molecule has 6 nitrogen and oxygen atoms in total. The number of rotatable bonds is 7. The number of halogens is 1. The van der Waals surface area contributed by atoms with Gasteiger partial charge in [0, 0.05) is 6.42 Å². The quantitative estimate of drug-likeness (QED) is 0.481. The van der Waals surface area contributed by atoms with E-state index < -0.39 is 5.97 Å². The highest BCUT2D eigenvalue weighted by atomic mass is 19.1. The van der Waals surface area contributed by atoms with Gasteiger partial charge >= 0.3 is 5.97 Å². The van der Waals surface area contributed by atoms with E-state index in [0.717, 1.165) is 0 Å². The molecule has 0 saturated carbocycles. The zero-order valence-electron chi connectivity index (χ0n) is 13.9. The third-order valence-electron chi connectivity index (χ3n) is 3.67. The molecule has 0 radical (unpaired) electrons. The SMILES string of the molecule is O=C(Cn1cnc2ccccc2c1=O)OCCCOc1ccc(F)cc1. The molecule has 26 heavy (non-hydrogen) atoms. The summed E-state index contributed by atoms with van der Waals surface area (Å²) in [7, 11) is 0. The van der Waals surface area contributed by atoms with Crippen molar-refractivity contribution in [2.75, 3.05) is 13.2 Å². The molecule has 0 saturated heterocycles. The Bertz CT molecular complexity index is 954. The van der Waals surface area contributed by atoms with Gasteiger partial charge in [-0.1, -0.05) is 12.1 Å². The number of hydrogen-bond acceptors (Lipinski definition) is 5. The average molecular weight is 356 g/mol. The second-order valence-corrected chi connectivity index (χ2v) is 5.57. The molecule has 7 heteroatoms. The first-order chi connectivity index (χ1) is 12.6. The van der Waals surface area contributed by atoms with Crippen LogP contribution in [0, 0.1) is 5.82 Å². The van der Waals surface area contributed by atoms with Crippen molar-refractivity contribution in [3.05, 3.63) is 71.0 Å². The molecule has 0 N–H and O–H groups in total. The van der Waals surface area contributed by atoms with Gasteiger partial charge in [-0.15, -0.1) is 0 Å². The molecule has 0 aliphatic carbocycles. The predicted molar refractivity (Wildman–Crippen MR) is 93.5 cm³/mol. The van der Waals surface area contributed by atoms with Gasteiger partial charge in [0.1, 0.15) is 18.1 Å². The number of aromatic nitrogens is 2. The number of nitrogens with zero attached hydrogens (tertiary/aromatic N) is 2. The maximum Gasteiger partial charge on any atom is 0.326 e. The molecule has 0 fully saturated rings. The van der Waals surface area contributed by atoms with Crippen molar-refractivity contribution < 1.29 is 18.7 Å². The minimum atomic E-state index is -0.522. The van der Waals surface area contributed by atoms with Crippen LogP contribution in [0.15, 0.2) is 59.7 Å². The molecule has 0 atom stereocenters. The zero-order valence-corrected chi connectivity index (χ0v) is 13.9. The molecule has 0 spiro atoms. The molecule has 0 aliphatic heterocycles. The van der Waals surface area contributed by atoms with Gasteiger partial charge < -0.3 is 9.47 Å². The first-order valence-corrected chi connectivity index (χ1v) is 8.11. The molecule has 0 unspecified atom stereocenters. The number of para-hydroxylation sites is 1. The number of hydrogen-bond donors (Lipinski definition) is 0. The molecule has 0 aliphatic rings. The number of ether oxygens (including phenoxy) is 2. The predicted octanol–water partition coefficient (Wildman–Crippen LogP) is 2.55. The van der Waals surface area contributed by atoms with Crippen LogP contribution in [0.2, 0.25) is 0 Å². The molecular weight excluding hydrogens is 339 g/mol. The Labute approximate surface area is 148 Å². The summed E-state index contributed by atoms with van der Waals surface area (Å²) in [5.74, 6) is -0.304. The normalized spacial score (nSPS) is 10.7. The van der Waals surface area contributed by atoms with E-state index in [2.05, 4.69) is 4.98 Å². The van der Waals surface area contributed by atoms with Crippen molar-refractivity contribution in [2.45, 2.75) is 13.0 Å². The molecule has 1 aromatic heterocycles. The van der Waals surface area contributed by atoms with Crippen molar-refractivity contribution in [3.8, 4) is 5.75 Å². The summed E-state index contributed by atoms with van der Waals surface area (Å²) >= 11 is 0. The fourth-order valence-electron chi connectivity index (χ4n) is 2.37. The fraction of sp³-hybridized carbons (Fsp3) is 0.211. The molecule has 0 bridgehead atoms. The summed E-state index contributed by atoms with van der Waals surface area (Å²) in [6.07, 6.45) is 1.82. The standard InChI is InChI=1S/C19H17FN2O4/c20-14-6-8-15(9-7-14)25-10-3-11-26-18(23)12-22-13-21-17-5-2-1-4-16(17)19(22)24/h1-2,4-9,13H,3,10-12H2. The monoisotopic (exact) mass is 356 g/mol. The van der Waals surface area contributed by atoms with Crippen LogP contribution in [0.4, 0.5) is 4.39 Å². The molecular formula is C19H17FN2O4. The molecule has 3 aromatic rings. The number of fused-ring (bicyclic) bond motifs is 1. The maximum absolute atomic E-state index is 12.8. The van der Waals surface area contributed by atoms with Crippen LogP contribution in [0.3, 0.4) is 0 Å². The van der Waals surface area contributed by atoms with Gasteiger partial charge in [-0.05, 0) is 36.4 Å². The minimum absolute atomic E-state index is 0.162. The minimum Gasteiger partial charge on any atom is -0.493 e. The van der Waals surface area contributed by atoms with Gasteiger partial charge in [0.2, 0.25) is 0 Å². The summed E-state index contributed by atoms with van der Waals surface area (Å²) in [4.78, 5) is 28.3. The van der Waals surface area contributed by atoms with Crippen LogP contribution in [0.25, 0.3) is 10.9 Å². The lowest BCUT2D eigenvalue weighted by molar-refractivity contribution is -0.144. The van der Waals surface area contributed by atoms with Crippen LogP contribution < -0.4 is 10.3 Å². The summed E-state index contributed by atoms with van der Waals surface area (Å²) in [6, 6.07) is 12.6. The number of esters is 1. The van der Waals surface area contributed by atoms with E-state index in [1.54, 1.807) is 24.3 Å². The Morgan fingerprint density at radius 3 is 2.65 bits per heavy atom. The van der Waals surface area contributed by atoms with Crippen LogP contribution in [0.5, 0.6) is 5.75 Å². The van der Waals surface area contributed by atoms with E-state index in [0.29, 0.717) is 29.7 Å². The summed E-state index contributed by atoms with van der Waals surface area (Å²) in [5.41, 5.74) is 0.298. The van der Waals surface area contributed by atoms with Gasteiger partial charge in [-0.2, -0.15) is 0 Å². The highest BCUT2D eigenvalue weighted by Crippen LogP contribution is 2.11. The Balaban J connectivity index is 1.45. The lowest BCUT2D eigenvalue weighted by Crippen LogP contribution is -2.26. The van der Waals surface area contributed by atoms with Crippen molar-refractivity contribution in [3.63, 3.8) is 0 Å². The molecule has 1 heterocycles. The van der Waals surface area contributed by atoms with E-state index in [9.17, 15) is 14.0 Å². The number of benzene rings is 2. The van der Waals surface area contributed by atoms with Gasteiger partial charge in [0.25, 0.3) is 5.56 Å². The molecule has 134 valence electrons. The Morgan fingerprint density at radius 1 is 1.08 bits per heavy atom. The molecule has 3 rings (SSSR count). The lowest BCUT2D eigenvalue weighted by atomic mass is 10.2. The van der Waals surface area contributed by atoms with E-state index in [4.69, 9.17) is 9.47 Å². The Morgan fingerprint density at radius 2 is 1.85 bits per heavy atom. The van der Waals surface area contributed by atoms with E-state index >= 15 is 0 Å². The first-order valence-electron chi connectivity index (χ1n) is 8.11. The van der Waals surface area contributed by atoms with E-state index in [1.165, 1.54) is 35.2 Å². The first kappa shape index (κ1) is 17.6. The smallest absolute Gasteiger partial charge is 0.326 e. The van der Waals surface area contributed by atoms with Gasteiger partial charge in [-0.25, -0.2) is 9.37 Å². The third-order valence-corrected chi connectivity index (χ3v) is 3.67. The average Bonchev–Trinajstić information content (AvgIpc) is 2.65. The highest BCUT2D eigenvalue weighted by molar-refractivity contribution is 5.77. The van der Waals surface area contributed by atoms with Crippen molar-refractivity contribution in [1.82, 2.24) is 9.55 Å². The van der Waals surface area contributed by atoms with Crippen molar-refractivity contribution >= 4 is 16.9 Å². The Hall–Kier alpha value is -3.22. The summed E-state index contributed by atoms with van der Waals surface area (Å²) < 4.78 is 24.5. The molecule has 0 amide bonds. The summed E-state index contributed by atoms with van der Waals surface area (Å²) in [6.45, 7) is 0.293. The molecule has 2 aromatic carbocycles. The van der Waals surface area contributed by atoms with Crippen LogP contribution in [-0.4, -0.2) is 28.7 Å². The second-order valence-electron chi connectivity index (χ2n) is 5.57. The van der Waals surface area contributed by atoms with Crippen LogP contribution >= 0.6 is 0 Å². The zero-order chi connectivity index (χ0) is 18.4. The van der Waals surface area contributed by atoms with E-state index in [-0.39, 0.29) is 24.5 Å². The lowest BCUT2D eigenvalue weighted by Gasteiger charge is -2.08. The van der Waals surface area contributed by atoms with E-state index in [1.807, 2.05) is 0 Å². The van der Waals surface area contributed by atoms with Gasteiger partial charge in [0.05, 0.1) is 30.4 Å². The third kappa shape index (κ3) is 4.44. The maximum atomic E-state index is 12.8. The number of carbonyl (C=O) groups is 1. The van der Waals surface area contributed by atoms with Crippen LogP contribution in [-0.2, 0) is 16.1 Å². The Kier molecular flexibility index (Phi) is 5.58. The largest absolute Gasteiger partial charge is 0.493 e. The topological polar surface area (TPSA) is 70.4 Å². The fourth-order valence-corrected chi connectivity index (χ4v) is 2.37. The van der Waals surface area contributed by atoms with Crippen molar-refractivity contribution in [2.24, 2.45) is 0 Å². The number of carbonyl (C=O) groups excluding carboxylic acids is 1.